The van der Waals surface area contributed by atoms with Gasteiger partial charge in [-0.1, -0.05) is 12.8 Å². The number of hydrogen-bond donors (Lipinski definition) is 1. The van der Waals surface area contributed by atoms with E-state index in [-0.39, 0.29) is 6.04 Å². The van der Waals surface area contributed by atoms with E-state index in [1.54, 1.807) is 11.3 Å². The van der Waals surface area contributed by atoms with Crippen molar-refractivity contribution in [2.45, 2.75) is 65.5 Å². The Morgan fingerprint density at radius 2 is 1.95 bits per heavy atom. The van der Waals surface area contributed by atoms with Crippen LogP contribution >= 0.6 is 11.3 Å². The van der Waals surface area contributed by atoms with Crippen LogP contribution in [0.15, 0.2) is 0 Å². The minimum atomic E-state index is 0.211. The monoisotopic (exact) mass is 309 g/mol. The maximum Gasteiger partial charge on any atom is 0.224 e. The average molecular weight is 309 g/mol. The van der Waals surface area contributed by atoms with Gasteiger partial charge in [0.15, 0.2) is 0 Å². The number of rotatable bonds is 5. The molecule has 5 heteroatoms. The summed E-state index contributed by atoms with van der Waals surface area (Å²) >= 11 is 1.74. The van der Waals surface area contributed by atoms with Crippen molar-refractivity contribution in [3.05, 3.63) is 15.6 Å². The first-order valence-corrected chi connectivity index (χ1v) is 8.82. The fourth-order valence-corrected chi connectivity index (χ4v) is 3.68. The molecule has 0 spiro atoms. The topological polar surface area (TPSA) is 45.2 Å². The highest BCUT2D eigenvalue weighted by atomic mass is 32.1. The van der Waals surface area contributed by atoms with Crippen molar-refractivity contribution in [2.75, 3.05) is 13.1 Å². The van der Waals surface area contributed by atoms with E-state index >= 15 is 0 Å². The third-order valence-corrected chi connectivity index (χ3v) is 5.12. The predicted molar refractivity (Wildman–Crippen MR) is 87.6 cm³/mol. The van der Waals surface area contributed by atoms with Crippen LogP contribution in [-0.2, 0) is 11.3 Å². The van der Waals surface area contributed by atoms with Crippen molar-refractivity contribution in [3.8, 4) is 0 Å². The Morgan fingerprint density at radius 3 is 2.52 bits per heavy atom. The Morgan fingerprint density at radius 1 is 1.29 bits per heavy atom. The molecule has 1 aromatic heterocycles. The fourth-order valence-electron chi connectivity index (χ4n) is 2.79. The van der Waals surface area contributed by atoms with E-state index in [0.717, 1.165) is 43.2 Å². The molecule has 1 N–H and O–H groups in total. The first kappa shape index (κ1) is 16.4. The van der Waals surface area contributed by atoms with Crippen LogP contribution in [0.5, 0.6) is 0 Å². The quantitative estimate of drug-likeness (QED) is 0.909. The zero-order valence-corrected chi connectivity index (χ0v) is 14.3. The molecule has 1 atom stereocenters. The van der Waals surface area contributed by atoms with Gasteiger partial charge in [0.25, 0.3) is 0 Å². The first-order chi connectivity index (χ1) is 10.1. The summed E-state index contributed by atoms with van der Waals surface area (Å²) in [5.41, 5.74) is 1.11. The number of carbonyl (C=O) groups excluding carboxylic acids is 1. The van der Waals surface area contributed by atoms with Crippen LogP contribution in [0.1, 0.15) is 54.6 Å². The second-order valence-corrected chi connectivity index (χ2v) is 7.31. The first-order valence-electron chi connectivity index (χ1n) is 8.00. The van der Waals surface area contributed by atoms with Gasteiger partial charge in [-0.25, -0.2) is 4.98 Å². The molecule has 0 aliphatic carbocycles. The Labute approximate surface area is 132 Å². The highest BCUT2D eigenvalue weighted by Crippen LogP contribution is 2.17. The van der Waals surface area contributed by atoms with E-state index in [1.807, 2.05) is 18.7 Å². The van der Waals surface area contributed by atoms with Crippen LogP contribution in [-0.4, -0.2) is 34.9 Å². The van der Waals surface area contributed by atoms with Crippen LogP contribution in [0, 0.1) is 13.8 Å². The molecule has 2 heterocycles. The van der Waals surface area contributed by atoms with E-state index in [4.69, 9.17) is 0 Å². The molecule has 0 aromatic carbocycles. The Balaban J connectivity index is 1.76. The van der Waals surface area contributed by atoms with Crippen LogP contribution in [0.4, 0.5) is 0 Å². The molecule has 1 aromatic rings. The maximum absolute atomic E-state index is 12.3. The molecular formula is C16H27N3OS. The van der Waals surface area contributed by atoms with Crippen LogP contribution in [0.3, 0.4) is 0 Å². The standard InChI is InChI=1S/C16H27N3OS/c1-12(17-11-15-13(2)18-14(3)21-15)10-16(20)19-8-6-4-5-7-9-19/h12,17H,4-11H2,1-3H3/t12-/m1/s1. The van der Waals surface area contributed by atoms with E-state index in [0.29, 0.717) is 12.3 Å². The number of carbonyl (C=O) groups is 1. The molecule has 1 fully saturated rings. The molecule has 0 radical (unpaired) electrons. The lowest BCUT2D eigenvalue weighted by Gasteiger charge is -2.22. The summed E-state index contributed by atoms with van der Waals surface area (Å²) in [5.74, 6) is 0.300. The zero-order valence-electron chi connectivity index (χ0n) is 13.4. The summed E-state index contributed by atoms with van der Waals surface area (Å²) in [7, 11) is 0. The van der Waals surface area contributed by atoms with Crippen molar-refractivity contribution in [3.63, 3.8) is 0 Å². The summed E-state index contributed by atoms with van der Waals surface area (Å²) in [6, 6.07) is 0.211. The normalized spacial score (nSPS) is 17.6. The molecule has 1 aliphatic heterocycles. The van der Waals surface area contributed by atoms with Crippen LogP contribution in [0.25, 0.3) is 0 Å². The zero-order chi connectivity index (χ0) is 15.2. The van der Waals surface area contributed by atoms with Crippen LogP contribution in [0.2, 0.25) is 0 Å². The summed E-state index contributed by atoms with van der Waals surface area (Å²) in [6.07, 6.45) is 5.44. The number of aryl methyl sites for hydroxylation is 2. The number of thiazole rings is 1. The molecule has 0 saturated carbocycles. The van der Waals surface area contributed by atoms with Crippen molar-refractivity contribution < 1.29 is 4.79 Å². The SMILES string of the molecule is Cc1nc(C)c(CN[C@H](C)CC(=O)N2CCCCCC2)s1. The summed E-state index contributed by atoms with van der Waals surface area (Å²) in [5, 5.41) is 4.57. The average Bonchev–Trinajstić information content (AvgIpc) is 2.66. The lowest BCUT2D eigenvalue weighted by molar-refractivity contribution is -0.131. The summed E-state index contributed by atoms with van der Waals surface area (Å²) in [4.78, 5) is 20.1. The molecule has 1 aliphatic rings. The molecule has 1 saturated heterocycles. The van der Waals surface area contributed by atoms with Crippen molar-refractivity contribution >= 4 is 17.2 Å². The Bertz CT molecular complexity index is 464. The minimum Gasteiger partial charge on any atom is -0.343 e. The smallest absolute Gasteiger partial charge is 0.224 e. The molecule has 1 amide bonds. The number of hydrogen-bond acceptors (Lipinski definition) is 4. The number of nitrogens with zero attached hydrogens (tertiary/aromatic N) is 2. The van der Waals surface area contributed by atoms with Gasteiger partial charge in [-0.05, 0) is 33.6 Å². The Kier molecular flexibility index (Phi) is 6.18. The highest BCUT2D eigenvalue weighted by molar-refractivity contribution is 7.11. The van der Waals surface area contributed by atoms with E-state index in [2.05, 4.69) is 17.2 Å². The van der Waals surface area contributed by atoms with E-state index in [1.165, 1.54) is 17.7 Å². The van der Waals surface area contributed by atoms with Gasteiger partial charge in [-0.15, -0.1) is 11.3 Å². The molecule has 0 unspecified atom stereocenters. The van der Waals surface area contributed by atoms with Crippen molar-refractivity contribution in [2.24, 2.45) is 0 Å². The van der Waals surface area contributed by atoms with Gasteiger partial charge in [0.2, 0.25) is 5.91 Å². The van der Waals surface area contributed by atoms with Gasteiger partial charge in [0.05, 0.1) is 10.7 Å². The van der Waals surface area contributed by atoms with E-state index in [9.17, 15) is 4.79 Å². The van der Waals surface area contributed by atoms with Gasteiger partial charge < -0.3 is 10.2 Å². The molecule has 21 heavy (non-hydrogen) atoms. The van der Waals surface area contributed by atoms with Gasteiger partial charge >= 0.3 is 0 Å². The second-order valence-electron chi connectivity index (χ2n) is 6.02. The van der Waals surface area contributed by atoms with Crippen molar-refractivity contribution in [1.29, 1.82) is 0 Å². The summed E-state index contributed by atoms with van der Waals surface area (Å²) < 4.78 is 0. The number of amides is 1. The van der Waals surface area contributed by atoms with Gasteiger partial charge in [0, 0.05) is 37.0 Å². The molecule has 0 bridgehead atoms. The number of likely N-dealkylation sites (tertiary alicyclic amines) is 1. The van der Waals surface area contributed by atoms with Gasteiger partial charge in [0.1, 0.15) is 0 Å². The largest absolute Gasteiger partial charge is 0.343 e. The third kappa shape index (κ3) is 5.08. The predicted octanol–water partition coefficient (Wildman–Crippen LogP) is 3.03. The summed E-state index contributed by atoms with van der Waals surface area (Å²) in [6.45, 7) is 8.88. The fraction of sp³-hybridized carbons (Fsp3) is 0.750. The highest BCUT2D eigenvalue weighted by Gasteiger charge is 2.18. The molecule has 118 valence electrons. The van der Waals surface area contributed by atoms with Crippen molar-refractivity contribution in [1.82, 2.24) is 15.2 Å². The van der Waals surface area contributed by atoms with Gasteiger partial charge in [-0.2, -0.15) is 0 Å². The van der Waals surface area contributed by atoms with Crippen LogP contribution < -0.4 is 5.32 Å². The van der Waals surface area contributed by atoms with E-state index < -0.39 is 0 Å². The molecule has 4 nitrogen and oxygen atoms in total. The third-order valence-electron chi connectivity index (χ3n) is 4.05. The van der Waals surface area contributed by atoms with Gasteiger partial charge in [-0.3, -0.25) is 4.79 Å². The molecular weight excluding hydrogens is 282 g/mol. The maximum atomic E-state index is 12.3. The Hall–Kier alpha value is -0.940. The number of aromatic nitrogens is 1. The number of nitrogens with one attached hydrogen (secondary N) is 1. The molecule has 2 rings (SSSR count). The second kappa shape index (κ2) is 7.90. The minimum absolute atomic E-state index is 0.211. The lowest BCUT2D eigenvalue weighted by atomic mass is 10.2. The lowest BCUT2D eigenvalue weighted by Crippen LogP contribution is -2.37.